The lowest BCUT2D eigenvalue weighted by molar-refractivity contribution is 0.556. The van der Waals surface area contributed by atoms with Gasteiger partial charge in [0.2, 0.25) is 0 Å². The van der Waals surface area contributed by atoms with Crippen molar-refractivity contribution in [1.29, 1.82) is 0 Å². The van der Waals surface area contributed by atoms with Gasteiger partial charge in [-0.05, 0) is 30.5 Å². The maximum Gasteiger partial charge on any atom is 0.123 e. The Morgan fingerprint density at radius 1 is 0.789 bits per heavy atom. The lowest BCUT2D eigenvalue weighted by atomic mass is 10.0. The summed E-state index contributed by atoms with van der Waals surface area (Å²) in [6.07, 6.45) is 14.6. The molecule has 1 aromatic rings. The molecule has 0 aliphatic rings. The summed E-state index contributed by atoms with van der Waals surface area (Å²) in [4.78, 5) is 0. The second kappa shape index (κ2) is 11.0. The molecule has 0 amide bonds. The van der Waals surface area contributed by atoms with Crippen molar-refractivity contribution < 1.29 is 4.39 Å². The Morgan fingerprint density at radius 2 is 1.37 bits per heavy atom. The predicted molar refractivity (Wildman–Crippen MR) is 81.9 cm³/mol. The van der Waals surface area contributed by atoms with Crippen LogP contribution in [0.5, 0.6) is 0 Å². The number of hydrogen-bond donors (Lipinski definition) is 0. The number of rotatable bonds is 11. The molecule has 0 atom stereocenters. The van der Waals surface area contributed by atoms with Gasteiger partial charge in [0.15, 0.2) is 0 Å². The van der Waals surface area contributed by atoms with Gasteiger partial charge in [0.05, 0.1) is 0 Å². The molecule has 0 saturated carbocycles. The normalized spacial score (nSPS) is 10.8. The Hall–Kier alpha value is -0.850. The van der Waals surface area contributed by atoms with Crippen LogP contribution in [0.2, 0.25) is 0 Å². The van der Waals surface area contributed by atoms with E-state index in [-0.39, 0.29) is 5.82 Å². The van der Waals surface area contributed by atoms with E-state index >= 15 is 0 Å². The van der Waals surface area contributed by atoms with Crippen molar-refractivity contribution in [2.75, 3.05) is 0 Å². The van der Waals surface area contributed by atoms with Crippen LogP contribution in [0, 0.1) is 5.82 Å². The largest absolute Gasteiger partial charge is 0.207 e. The van der Waals surface area contributed by atoms with Gasteiger partial charge in [0.1, 0.15) is 5.82 Å². The van der Waals surface area contributed by atoms with E-state index in [1.54, 1.807) is 12.1 Å². The van der Waals surface area contributed by atoms with Crippen LogP contribution in [0.3, 0.4) is 0 Å². The molecule has 0 nitrogen and oxygen atoms in total. The van der Waals surface area contributed by atoms with Crippen LogP contribution in [0.25, 0.3) is 0 Å². The van der Waals surface area contributed by atoms with Gasteiger partial charge in [-0.3, -0.25) is 0 Å². The van der Waals surface area contributed by atoms with Gasteiger partial charge in [-0.25, -0.2) is 4.39 Å². The molecule has 0 bridgehead atoms. The van der Waals surface area contributed by atoms with Crippen LogP contribution in [-0.2, 0) is 6.42 Å². The Bertz CT molecular complexity index is 319. The quantitative estimate of drug-likeness (QED) is 0.412. The fourth-order valence-electron chi connectivity index (χ4n) is 2.51. The van der Waals surface area contributed by atoms with E-state index in [9.17, 15) is 4.39 Å². The summed E-state index contributed by atoms with van der Waals surface area (Å²) in [6.45, 7) is 2.26. The van der Waals surface area contributed by atoms with Crippen molar-refractivity contribution in [2.24, 2.45) is 0 Å². The molecular formula is C18H29F. The highest BCUT2D eigenvalue weighted by molar-refractivity contribution is 5.16. The smallest absolute Gasteiger partial charge is 0.123 e. The fourth-order valence-corrected chi connectivity index (χ4v) is 2.51. The highest BCUT2D eigenvalue weighted by atomic mass is 19.1. The van der Waals surface area contributed by atoms with Crippen LogP contribution >= 0.6 is 0 Å². The van der Waals surface area contributed by atoms with Crippen molar-refractivity contribution in [3.05, 3.63) is 35.6 Å². The molecule has 0 unspecified atom stereocenters. The minimum atomic E-state index is -0.107. The third-order valence-electron chi connectivity index (χ3n) is 3.71. The van der Waals surface area contributed by atoms with Crippen molar-refractivity contribution in [2.45, 2.75) is 77.6 Å². The summed E-state index contributed by atoms with van der Waals surface area (Å²) in [5, 5.41) is 0. The number of hydrogen-bond acceptors (Lipinski definition) is 0. The van der Waals surface area contributed by atoms with Crippen LogP contribution in [0.15, 0.2) is 24.3 Å². The number of benzene rings is 1. The first-order valence-electron chi connectivity index (χ1n) is 8.07. The first kappa shape index (κ1) is 16.2. The van der Waals surface area contributed by atoms with E-state index in [0.717, 1.165) is 12.0 Å². The molecule has 0 saturated heterocycles. The first-order valence-corrected chi connectivity index (χ1v) is 8.07. The predicted octanol–water partition coefficient (Wildman–Crippen LogP) is 6.29. The molecule has 1 aromatic carbocycles. The van der Waals surface area contributed by atoms with Gasteiger partial charge in [0.25, 0.3) is 0 Å². The Morgan fingerprint density at radius 3 is 1.95 bits per heavy atom. The zero-order valence-corrected chi connectivity index (χ0v) is 12.5. The number of halogens is 1. The minimum Gasteiger partial charge on any atom is -0.207 e. The molecule has 0 fully saturated rings. The molecular weight excluding hydrogens is 235 g/mol. The van der Waals surface area contributed by atoms with Gasteiger partial charge >= 0.3 is 0 Å². The lowest BCUT2D eigenvalue weighted by Crippen LogP contribution is -1.87. The van der Waals surface area contributed by atoms with Crippen LogP contribution in [0.4, 0.5) is 4.39 Å². The van der Waals surface area contributed by atoms with Gasteiger partial charge < -0.3 is 0 Å². The van der Waals surface area contributed by atoms with Crippen LogP contribution in [0.1, 0.15) is 76.7 Å². The zero-order chi connectivity index (χ0) is 13.8. The molecule has 0 aliphatic heterocycles. The number of aryl methyl sites for hydroxylation is 1. The first-order chi connectivity index (χ1) is 9.33. The van der Waals surface area contributed by atoms with Gasteiger partial charge in [0, 0.05) is 0 Å². The van der Waals surface area contributed by atoms with E-state index in [2.05, 4.69) is 6.92 Å². The Kier molecular flexibility index (Phi) is 9.40. The summed E-state index contributed by atoms with van der Waals surface area (Å²) >= 11 is 0. The maximum atomic E-state index is 13.0. The van der Waals surface area contributed by atoms with Crippen molar-refractivity contribution in [3.63, 3.8) is 0 Å². The SMILES string of the molecule is CCCCCCCCCCCCc1cccc(F)c1. The molecule has 0 N–H and O–H groups in total. The minimum absolute atomic E-state index is 0.107. The Balaban J connectivity index is 1.89. The molecule has 0 aromatic heterocycles. The highest BCUT2D eigenvalue weighted by Gasteiger charge is 1.96. The second-order valence-electron chi connectivity index (χ2n) is 5.56. The van der Waals surface area contributed by atoms with E-state index in [1.807, 2.05) is 6.07 Å². The molecule has 108 valence electrons. The fraction of sp³-hybridized carbons (Fsp3) is 0.667. The van der Waals surface area contributed by atoms with Gasteiger partial charge in [-0.2, -0.15) is 0 Å². The highest BCUT2D eigenvalue weighted by Crippen LogP contribution is 2.12. The van der Waals surface area contributed by atoms with E-state index < -0.39 is 0 Å². The summed E-state index contributed by atoms with van der Waals surface area (Å²) in [7, 11) is 0. The van der Waals surface area contributed by atoms with Crippen molar-refractivity contribution in [3.8, 4) is 0 Å². The standard InChI is InChI=1S/C18H29F/c1-2-3-4-5-6-7-8-9-10-11-13-17-14-12-15-18(19)16-17/h12,14-16H,2-11,13H2,1H3. The summed E-state index contributed by atoms with van der Waals surface area (Å²) in [5.41, 5.74) is 1.14. The van der Waals surface area contributed by atoms with E-state index in [0.29, 0.717) is 0 Å². The second-order valence-corrected chi connectivity index (χ2v) is 5.56. The van der Waals surface area contributed by atoms with Crippen LogP contribution in [-0.4, -0.2) is 0 Å². The molecule has 1 rings (SSSR count). The molecule has 0 heterocycles. The third-order valence-corrected chi connectivity index (χ3v) is 3.71. The summed E-state index contributed by atoms with van der Waals surface area (Å²) in [5.74, 6) is -0.107. The lowest BCUT2D eigenvalue weighted by Gasteiger charge is -2.03. The maximum absolute atomic E-state index is 13.0. The van der Waals surface area contributed by atoms with Crippen molar-refractivity contribution >= 4 is 0 Å². The molecule has 0 radical (unpaired) electrons. The molecule has 19 heavy (non-hydrogen) atoms. The molecule has 0 aliphatic carbocycles. The van der Waals surface area contributed by atoms with Gasteiger partial charge in [-0.15, -0.1) is 0 Å². The topological polar surface area (TPSA) is 0 Å². The van der Waals surface area contributed by atoms with Crippen LogP contribution < -0.4 is 0 Å². The third kappa shape index (κ3) is 8.80. The van der Waals surface area contributed by atoms with E-state index in [4.69, 9.17) is 0 Å². The number of unbranched alkanes of at least 4 members (excludes halogenated alkanes) is 9. The van der Waals surface area contributed by atoms with Gasteiger partial charge in [-0.1, -0.05) is 76.8 Å². The van der Waals surface area contributed by atoms with Crippen molar-refractivity contribution in [1.82, 2.24) is 0 Å². The molecule has 1 heteroatoms. The Labute approximate surface area is 118 Å². The average molecular weight is 264 g/mol. The summed E-state index contributed by atoms with van der Waals surface area (Å²) < 4.78 is 13.0. The molecule has 0 spiro atoms. The summed E-state index contributed by atoms with van der Waals surface area (Å²) in [6, 6.07) is 7.01. The monoisotopic (exact) mass is 264 g/mol. The van der Waals surface area contributed by atoms with E-state index in [1.165, 1.54) is 70.3 Å². The zero-order valence-electron chi connectivity index (χ0n) is 12.5. The average Bonchev–Trinajstić information content (AvgIpc) is 2.41.